The predicted molar refractivity (Wildman–Crippen MR) is 91.5 cm³/mol. The van der Waals surface area contributed by atoms with Gasteiger partial charge in [-0.25, -0.2) is 4.79 Å². The lowest BCUT2D eigenvalue weighted by molar-refractivity contribution is -0.117. The number of aromatic hydroxyl groups is 1. The Labute approximate surface area is 146 Å². The fourth-order valence-electron chi connectivity index (χ4n) is 1.82. The van der Waals surface area contributed by atoms with Crippen LogP contribution in [0.4, 0.5) is 4.79 Å². The molecular formula is C17H22N4O4. The first-order valence-corrected chi connectivity index (χ1v) is 7.87. The van der Waals surface area contributed by atoms with Crippen LogP contribution in [0.5, 0.6) is 5.75 Å². The van der Waals surface area contributed by atoms with E-state index in [0.29, 0.717) is 32.7 Å². The molecule has 4 N–H and O–H groups in total. The van der Waals surface area contributed by atoms with Crippen molar-refractivity contribution in [2.24, 2.45) is 0 Å². The lowest BCUT2D eigenvalue weighted by Crippen LogP contribution is -2.31. The fraction of sp³-hybridized carbons (Fsp3) is 0.353. The van der Waals surface area contributed by atoms with Crippen LogP contribution >= 0.6 is 0 Å². The highest BCUT2D eigenvalue weighted by Crippen LogP contribution is 2.09. The van der Waals surface area contributed by atoms with Crippen LogP contribution in [0.1, 0.15) is 12.5 Å². The van der Waals surface area contributed by atoms with Gasteiger partial charge in [-0.1, -0.05) is 12.1 Å². The molecule has 0 aliphatic rings. The van der Waals surface area contributed by atoms with E-state index in [1.54, 1.807) is 31.2 Å². The van der Waals surface area contributed by atoms with Crippen molar-refractivity contribution >= 4 is 12.0 Å². The van der Waals surface area contributed by atoms with Gasteiger partial charge in [0.2, 0.25) is 0 Å². The van der Waals surface area contributed by atoms with Gasteiger partial charge in [0.1, 0.15) is 17.4 Å². The van der Waals surface area contributed by atoms with Gasteiger partial charge in [0.15, 0.2) is 0 Å². The summed E-state index contributed by atoms with van der Waals surface area (Å²) in [6.07, 6.45) is 1.38. The molecule has 0 saturated carbocycles. The maximum Gasteiger partial charge on any atom is 0.407 e. The van der Waals surface area contributed by atoms with E-state index in [1.807, 2.05) is 6.07 Å². The summed E-state index contributed by atoms with van der Waals surface area (Å²) in [6.45, 7) is 3.02. The highest BCUT2D eigenvalue weighted by atomic mass is 16.5. The lowest BCUT2D eigenvalue weighted by Gasteiger charge is -2.06. The number of carbonyl (C=O) groups is 2. The Morgan fingerprint density at radius 2 is 1.92 bits per heavy atom. The molecule has 1 aromatic rings. The molecule has 1 rings (SSSR count). The molecule has 25 heavy (non-hydrogen) atoms. The first-order chi connectivity index (χ1) is 12.1. The molecule has 0 radical (unpaired) electrons. The highest BCUT2D eigenvalue weighted by molar-refractivity contribution is 5.97. The molecule has 0 aliphatic carbocycles. The zero-order valence-corrected chi connectivity index (χ0v) is 14.0. The molecule has 8 nitrogen and oxygen atoms in total. The molecule has 0 saturated heterocycles. The van der Waals surface area contributed by atoms with E-state index < -0.39 is 12.0 Å². The summed E-state index contributed by atoms with van der Waals surface area (Å²) in [5, 5.41) is 26.2. The largest absolute Gasteiger partial charge is 0.508 e. The molecule has 134 valence electrons. The number of phenolic OH excluding ortho intramolecular Hbond substituents is 1. The van der Waals surface area contributed by atoms with Crippen molar-refractivity contribution in [3.8, 4) is 11.8 Å². The van der Waals surface area contributed by atoms with Crippen molar-refractivity contribution in [2.45, 2.75) is 13.3 Å². The standard InChI is InChI=1S/C17H22N4O4/c1-2-25-17(24)21-10-9-19-12-14(11-18)16(23)20-8-7-13-3-5-15(22)6-4-13/h3-6,12,19,22H,2,7-10H2,1H3,(H,20,23)(H,21,24)/b14-12-. The number of nitriles is 1. The van der Waals surface area contributed by atoms with Gasteiger partial charge in [0, 0.05) is 25.8 Å². The molecule has 2 amide bonds. The number of amides is 2. The van der Waals surface area contributed by atoms with Crippen LogP contribution in [0.25, 0.3) is 0 Å². The SMILES string of the molecule is CCOC(=O)NCCN/C=C(/C#N)C(=O)NCCc1ccc(O)cc1. The van der Waals surface area contributed by atoms with Crippen LogP contribution in [-0.2, 0) is 16.0 Å². The molecule has 0 spiro atoms. The first-order valence-electron chi connectivity index (χ1n) is 7.87. The third kappa shape index (κ3) is 8.27. The Balaban J connectivity index is 2.30. The summed E-state index contributed by atoms with van der Waals surface area (Å²) in [5.41, 5.74) is 0.908. The van der Waals surface area contributed by atoms with E-state index in [-0.39, 0.29) is 11.3 Å². The summed E-state index contributed by atoms with van der Waals surface area (Å²) in [5.74, 6) is -0.293. The Kier molecular flexibility index (Phi) is 9.00. The molecule has 0 heterocycles. The van der Waals surface area contributed by atoms with Crippen molar-refractivity contribution in [2.75, 3.05) is 26.2 Å². The summed E-state index contributed by atoms with van der Waals surface area (Å²) in [6, 6.07) is 8.50. The quantitative estimate of drug-likeness (QED) is 0.298. The Morgan fingerprint density at radius 3 is 2.56 bits per heavy atom. The van der Waals surface area contributed by atoms with Crippen LogP contribution in [0.15, 0.2) is 36.0 Å². The molecule has 0 bridgehead atoms. The average molecular weight is 346 g/mol. The maximum absolute atomic E-state index is 11.9. The number of nitrogens with zero attached hydrogens (tertiary/aromatic N) is 1. The van der Waals surface area contributed by atoms with Gasteiger partial charge < -0.3 is 25.8 Å². The van der Waals surface area contributed by atoms with Crippen LogP contribution in [-0.4, -0.2) is 43.3 Å². The first kappa shape index (κ1) is 19.8. The topological polar surface area (TPSA) is 123 Å². The molecule has 0 aliphatic heterocycles. The second-order valence-corrected chi connectivity index (χ2v) is 4.94. The molecule has 0 unspecified atom stereocenters. The maximum atomic E-state index is 11.9. The van der Waals surface area contributed by atoms with Crippen LogP contribution in [0.3, 0.4) is 0 Å². The average Bonchev–Trinajstić information content (AvgIpc) is 2.60. The number of hydrogen-bond donors (Lipinski definition) is 4. The molecule has 0 fully saturated rings. The van der Waals surface area contributed by atoms with Gasteiger partial charge in [-0.2, -0.15) is 5.26 Å². The predicted octanol–water partition coefficient (Wildman–Crippen LogP) is 0.794. The minimum Gasteiger partial charge on any atom is -0.508 e. The van der Waals surface area contributed by atoms with Crippen molar-refractivity contribution in [1.82, 2.24) is 16.0 Å². The van der Waals surface area contributed by atoms with Gasteiger partial charge in [-0.3, -0.25) is 4.79 Å². The third-order valence-corrected chi connectivity index (χ3v) is 3.06. The normalized spacial score (nSPS) is 10.5. The summed E-state index contributed by atoms with van der Waals surface area (Å²) in [4.78, 5) is 23.0. The van der Waals surface area contributed by atoms with Crippen molar-refractivity contribution in [1.29, 1.82) is 5.26 Å². The second kappa shape index (κ2) is 11.3. The van der Waals surface area contributed by atoms with Gasteiger partial charge in [0.25, 0.3) is 5.91 Å². The van der Waals surface area contributed by atoms with E-state index in [0.717, 1.165) is 5.56 Å². The van der Waals surface area contributed by atoms with Gasteiger partial charge >= 0.3 is 6.09 Å². The zero-order valence-electron chi connectivity index (χ0n) is 14.0. The van der Waals surface area contributed by atoms with Crippen LogP contribution in [0.2, 0.25) is 0 Å². The summed E-state index contributed by atoms with van der Waals surface area (Å²) < 4.78 is 4.69. The number of hydrogen-bond acceptors (Lipinski definition) is 6. The Bertz CT molecular complexity index is 635. The van der Waals surface area contributed by atoms with E-state index in [4.69, 9.17) is 10.00 Å². The molecule has 0 atom stereocenters. The van der Waals surface area contributed by atoms with Crippen molar-refractivity contribution in [3.63, 3.8) is 0 Å². The lowest BCUT2D eigenvalue weighted by atomic mass is 10.1. The minimum absolute atomic E-state index is 0.0539. The minimum atomic E-state index is -0.513. The zero-order chi connectivity index (χ0) is 18.5. The molecular weight excluding hydrogens is 324 g/mol. The molecule has 1 aromatic carbocycles. The molecule has 8 heteroatoms. The van der Waals surface area contributed by atoms with Crippen molar-refractivity contribution < 1.29 is 19.4 Å². The third-order valence-electron chi connectivity index (χ3n) is 3.06. The number of rotatable bonds is 9. The number of carbonyl (C=O) groups excluding carboxylic acids is 2. The number of ether oxygens (including phenoxy) is 1. The van der Waals surface area contributed by atoms with E-state index in [9.17, 15) is 14.7 Å². The number of alkyl carbamates (subject to hydrolysis) is 1. The van der Waals surface area contributed by atoms with Crippen molar-refractivity contribution in [3.05, 3.63) is 41.6 Å². The van der Waals surface area contributed by atoms with Crippen LogP contribution in [0, 0.1) is 11.3 Å². The van der Waals surface area contributed by atoms with Gasteiger partial charge in [-0.05, 0) is 31.0 Å². The van der Waals surface area contributed by atoms with Gasteiger partial charge in [-0.15, -0.1) is 0 Å². The highest BCUT2D eigenvalue weighted by Gasteiger charge is 2.08. The molecule has 0 aromatic heterocycles. The monoisotopic (exact) mass is 346 g/mol. The Hall–Kier alpha value is -3.21. The van der Waals surface area contributed by atoms with E-state index >= 15 is 0 Å². The summed E-state index contributed by atoms with van der Waals surface area (Å²) in [7, 11) is 0. The Morgan fingerprint density at radius 1 is 1.20 bits per heavy atom. The smallest absolute Gasteiger partial charge is 0.407 e. The summed E-state index contributed by atoms with van der Waals surface area (Å²) >= 11 is 0. The van der Waals surface area contributed by atoms with E-state index in [1.165, 1.54) is 6.20 Å². The van der Waals surface area contributed by atoms with Crippen LogP contribution < -0.4 is 16.0 Å². The number of phenols is 1. The van der Waals surface area contributed by atoms with Gasteiger partial charge in [0.05, 0.1) is 6.61 Å². The fourth-order valence-corrected chi connectivity index (χ4v) is 1.82. The second-order valence-electron chi connectivity index (χ2n) is 4.94. The number of nitrogens with one attached hydrogen (secondary N) is 3. The van der Waals surface area contributed by atoms with E-state index in [2.05, 4.69) is 16.0 Å². The number of benzene rings is 1.